The summed E-state index contributed by atoms with van der Waals surface area (Å²) in [4.78, 5) is 15.5. The number of aromatic nitrogens is 3. The van der Waals surface area contributed by atoms with E-state index in [1.807, 2.05) is 0 Å². The Morgan fingerprint density at radius 1 is 1.67 bits per heavy atom. The number of hydrogen-bond donors (Lipinski definition) is 2. The van der Waals surface area contributed by atoms with Gasteiger partial charge in [-0.15, -0.1) is 5.10 Å². The van der Waals surface area contributed by atoms with Gasteiger partial charge < -0.3 is 5.32 Å². The van der Waals surface area contributed by atoms with Crippen LogP contribution in [0.4, 0.5) is 0 Å². The molecule has 1 fully saturated rings. The minimum atomic E-state index is -0.193. The van der Waals surface area contributed by atoms with Gasteiger partial charge >= 0.3 is 0 Å². The summed E-state index contributed by atoms with van der Waals surface area (Å²) < 4.78 is 0. The van der Waals surface area contributed by atoms with Crippen LogP contribution >= 0.6 is 0 Å². The van der Waals surface area contributed by atoms with E-state index in [0.29, 0.717) is 17.2 Å². The molecule has 2 N–H and O–H groups in total. The van der Waals surface area contributed by atoms with E-state index in [-0.39, 0.29) is 11.7 Å². The lowest BCUT2D eigenvalue weighted by Crippen LogP contribution is -2.27. The fourth-order valence-electron chi connectivity index (χ4n) is 1.66. The smallest absolute Gasteiger partial charge is 0.290 e. The molecule has 1 aliphatic rings. The number of aromatic amines is 1. The summed E-state index contributed by atoms with van der Waals surface area (Å²) >= 11 is 0. The first-order valence-corrected chi connectivity index (χ1v) is 5.16. The van der Waals surface area contributed by atoms with Gasteiger partial charge in [0.15, 0.2) is 0 Å². The summed E-state index contributed by atoms with van der Waals surface area (Å²) in [6.07, 6.45) is 1.18. The molecule has 0 aliphatic heterocycles. The van der Waals surface area contributed by atoms with Crippen LogP contribution in [0.2, 0.25) is 0 Å². The van der Waals surface area contributed by atoms with Crippen molar-refractivity contribution >= 4 is 5.91 Å². The van der Waals surface area contributed by atoms with E-state index in [4.69, 9.17) is 0 Å². The molecule has 0 spiro atoms. The molecular weight excluding hydrogens is 192 g/mol. The van der Waals surface area contributed by atoms with Gasteiger partial charge in [-0.3, -0.25) is 9.89 Å². The lowest BCUT2D eigenvalue weighted by Gasteiger charge is -2.03. The van der Waals surface area contributed by atoms with E-state index in [9.17, 15) is 4.79 Å². The SMILES string of the molecule is Cc1nc(C(=O)NCC2CC2(C)C)n[nH]1. The van der Waals surface area contributed by atoms with Crippen molar-refractivity contribution in [3.05, 3.63) is 11.6 Å². The first-order valence-electron chi connectivity index (χ1n) is 5.16. The Bertz CT molecular complexity index is 383. The Balaban J connectivity index is 1.83. The molecule has 1 amide bonds. The van der Waals surface area contributed by atoms with Crippen LogP contribution in [0.25, 0.3) is 0 Å². The lowest BCUT2D eigenvalue weighted by atomic mass is 10.1. The van der Waals surface area contributed by atoms with Gasteiger partial charge in [0.2, 0.25) is 5.82 Å². The van der Waals surface area contributed by atoms with Gasteiger partial charge in [0.1, 0.15) is 5.82 Å². The number of H-pyrrole nitrogens is 1. The lowest BCUT2D eigenvalue weighted by molar-refractivity contribution is 0.0940. The van der Waals surface area contributed by atoms with Gasteiger partial charge in [-0.05, 0) is 24.7 Å². The van der Waals surface area contributed by atoms with Gasteiger partial charge in [0, 0.05) is 6.54 Å². The summed E-state index contributed by atoms with van der Waals surface area (Å²) in [5, 5.41) is 9.30. The second kappa shape index (κ2) is 3.32. The fraction of sp³-hybridized carbons (Fsp3) is 0.700. The maximum absolute atomic E-state index is 11.5. The number of nitrogens with one attached hydrogen (secondary N) is 2. The second-order valence-electron chi connectivity index (χ2n) is 4.84. The molecule has 1 aromatic rings. The van der Waals surface area contributed by atoms with Gasteiger partial charge in [-0.1, -0.05) is 13.8 Å². The standard InChI is InChI=1S/C10H16N4O/c1-6-12-8(14-13-6)9(15)11-5-7-4-10(7,2)3/h7H,4-5H2,1-3H3,(H,11,15)(H,12,13,14). The Labute approximate surface area is 88.7 Å². The molecule has 2 rings (SSSR count). The maximum Gasteiger partial charge on any atom is 0.290 e. The Morgan fingerprint density at radius 2 is 2.33 bits per heavy atom. The van der Waals surface area contributed by atoms with Crippen LogP contribution < -0.4 is 5.32 Å². The predicted molar refractivity (Wildman–Crippen MR) is 55.3 cm³/mol. The molecule has 1 aromatic heterocycles. The molecule has 0 aromatic carbocycles. The van der Waals surface area contributed by atoms with E-state index in [0.717, 1.165) is 6.54 Å². The number of carbonyl (C=O) groups excluding carboxylic acids is 1. The van der Waals surface area contributed by atoms with Crippen LogP contribution in [0.3, 0.4) is 0 Å². The average Bonchev–Trinajstić information content (AvgIpc) is 2.59. The number of rotatable bonds is 3. The summed E-state index contributed by atoms with van der Waals surface area (Å²) in [5.41, 5.74) is 0.391. The minimum Gasteiger partial charge on any atom is -0.349 e. The van der Waals surface area contributed by atoms with Gasteiger partial charge in [0.25, 0.3) is 5.91 Å². The van der Waals surface area contributed by atoms with Crippen molar-refractivity contribution in [3.8, 4) is 0 Å². The van der Waals surface area contributed by atoms with Crippen LogP contribution in [-0.4, -0.2) is 27.6 Å². The highest BCUT2D eigenvalue weighted by Gasteiger charge is 2.45. The first-order chi connectivity index (χ1) is 6.99. The van der Waals surface area contributed by atoms with E-state index >= 15 is 0 Å². The number of carbonyl (C=O) groups is 1. The van der Waals surface area contributed by atoms with Crippen LogP contribution in [0.5, 0.6) is 0 Å². The summed E-state index contributed by atoms with van der Waals surface area (Å²) in [7, 11) is 0. The van der Waals surface area contributed by atoms with Gasteiger partial charge in [-0.25, -0.2) is 4.98 Å². The highest BCUT2D eigenvalue weighted by molar-refractivity contribution is 5.90. The molecule has 0 saturated heterocycles. The second-order valence-corrected chi connectivity index (χ2v) is 4.84. The molecule has 1 heterocycles. The van der Waals surface area contributed by atoms with Crippen molar-refractivity contribution in [2.24, 2.45) is 11.3 Å². The Hall–Kier alpha value is -1.39. The molecule has 1 atom stereocenters. The summed E-state index contributed by atoms with van der Waals surface area (Å²) in [6.45, 7) is 6.91. The minimum absolute atomic E-state index is 0.193. The van der Waals surface area contributed by atoms with Crippen molar-refractivity contribution in [3.63, 3.8) is 0 Å². The third kappa shape index (κ3) is 2.16. The van der Waals surface area contributed by atoms with Crippen LogP contribution in [0, 0.1) is 18.3 Å². The van der Waals surface area contributed by atoms with Crippen LogP contribution in [-0.2, 0) is 0 Å². The molecular formula is C10H16N4O. The zero-order valence-electron chi connectivity index (χ0n) is 9.29. The molecule has 1 unspecified atom stereocenters. The molecule has 0 radical (unpaired) electrons. The van der Waals surface area contributed by atoms with Crippen LogP contribution in [0.15, 0.2) is 0 Å². The summed E-state index contributed by atoms with van der Waals surface area (Å²) in [5.74, 6) is 1.29. The van der Waals surface area contributed by atoms with E-state index in [1.54, 1.807) is 6.92 Å². The van der Waals surface area contributed by atoms with E-state index in [1.165, 1.54) is 6.42 Å². The number of aryl methyl sites for hydroxylation is 1. The Kier molecular flexibility index (Phi) is 2.25. The monoisotopic (exact) mass is 208 g/mol. The number of nitrogens with zero attached hydrogens (tertiary/aromatic N) is 2. The maximum atomic E-state index is 11.5. The number of amides is 1. The third-order valence-electron chi connectivity index (χ3n) is 3.03. The van der Waals surface area contributed by atoms with Gasteiger partial charge in [-0.2, -0.15) is 0 Å². The largest absolute Gasteiger partial charge is 0.349 e. The number of hydrogen-bond acceptors (Lipinski definition) is 3. The Morgan fingerprint density at radius 3 is 2.80 bits per heavy atom. The summed E-state index contributed by atoms with van der Waals surface area (Å²) in [6, 6.07) is 0. The molecule has 1 saturated carbocycles. The van der Waals surface area contributed by atoms with E-state index in [2.05, 4.69) is 34.3 Å². The van der Waals surface area contributed by atoms with Crippen molar-refractivity contribution in [2.45, 2.75) is 27.2 Å². The van der Waals surface area contributed by atoms with E-state index < -0.39 is 0 Å². The molecule has 5 nitrogen and oxygen atoms in total. The predicted octanol–water partition coefficient (Wildman–Crippen LogP) is 0.889. The molecule has 0 bridgehead atoms. The van der Waals surface area contributed by atoms with Crippen molar-refractivity contribution in [1.82, 2.24) is 20.5 Å². The molecule has 5 heteroatoms. The van der Waals surface area contributed by atoms with Crippen LogP contribution in [0.1, 0.15) is 36.7 Å². The highest BCUT2D eigenvalue weighted by Crippen LogP contribution is 2.50. The molecule has 82 valence electrons. The third-order valence-corrected chi connectivity index (χ3v) is 3.03. The average molecular weight is 208 g/mol. The normalized spacial score (nSPS) is 22.5. The zero-order valence-corrected chi connectivity index (χ0v) is 9.29. The molecule has 1 aliphatic carbocycles. The molecule has 15 heavy (non-hydrogen) atoms. The topological polar surface area (TPSA) is 70.7 Å². The highest BCUT2D eigenvalue weighted by atomic mass is 16.2. The zero-order chi connectivity index (χ0) is 11.1. The quantitative estimate of drug-likeness (QED) is 0.775. The van der Waals surface area contributed by atoms with Gasteiger partial charge in [0.05, 0.1) is 0 Å². The van der Waals surface area contributed by atoms with Crippen molar-refractivity contribution < 1.29 is 4.79 Å². The van der Waals surface area contributed by atoms with Crippen molar-refractivity contribution in [1.29, 1.82) is 0 Å². The van der Waals surface area contributed by atoms with Crippen molar-refractivity contribution in [2.75, 3.05) is 6.54 Å². The first kappa shape index (κ1) is 10.1. The fourth-order valence-corrected chi connectivity index (χ4v) is 1.66.